The molecule has 0 aliphatic rings. The molecular weight excluding hydrogens is 582 g/mol. The molecule has 2 aromatic carbocycles. The summed E-state index contributed by atoms with van der Waals surface area (Å²) in [4.78, 5) is 11.6. The van der Waals surface area contributed by atoms with Crippen LogP contribution < -0.4 is 8.61 Å². The van der Waals surface area contributed by atoms with Crippen LogP contribution in [0.25, 0.3) is 0 Å². The highest BCUT2D eigenvalue weighted by Gasteiger charge is 2.40. The van der Waals surface area contributed by atoms with Crippen molar-refractivity contribution in [2.45, 2.75) is 25.9 Å². The van der Waals surface area contributed by atoms with Gasteiger partial charge in [0.2, 0.25) is 20.0 Å². The lowest BCUT2D eigenvalue weighted by Crippen LogP contribution is -2.28. The first-order valence-corrected chi connectivity index (χ1v) is 14.3. The highest BCUT2D eigenvalue weighted by Crippen LogP contribution is 2.40. The number of hydrogen-bond acceptors (Lipinski definition) is 7. The quantitative estimate of drug-likeness (QED) is 0.374. The number of ether oxygens (including phenoxy) is 1. The van der Waals surface area contributed by atoms with Crippen molar-refractivity contribution in [1.82, 2.24) is 0 Å². The summed E-state index contributed by atoms with van der Waals surface area (Å²) in [5.41, 5.74) is -4.70. The summed E-state index contributed by atoms with van der Waals surface area (Å²) in [6.07, 6.45) is -8.08. The molecule has 2 aromatic rings. The average Bonchev–Trinajstić information content (AvgIpc) is 2.80. The zero-order valence-corrected chi connectivity index (χ0v) is 22.9. The summed E-state index contributed by atoms with van der Waals surface area (Å²) in [7, 11) is -5.71. The molecule has 9 nitrogen and oxygen atoms in total. The van der Waals surface area contributed by atoms with Crippen molar-refractivity contribution in [3.05, 3.63) is 58.7 Å². The summed E-state index contributed by atoms with van der Waals surface area (Å²) < 4.78 is 130. The summed E-state index contributed by atoms with van der Waals surface area (Å²) >= 11 is 0. The Bertz CT molecular complexity index is 1390. The third-order valence-electron chi connectivity index (χ3n) is 5.08. The molecule has 0 radical (unpaired) electrons. The first-order valence-electron chi connectivity index (χ1n) is 10.6. The van der Waals surface area contributed by atoms with E-state index in [1.807, 2.05) is 0 Å². The van der Waals surface area contributed by atoms with Gasteiger partial charge in [-0.05, 0) is 30.7 Å². The Morgan fingerprint density at radius 2 is 1.23 bits per heavy atom. The second-order valence-corrected chi connectivity index (χ2v) is 11.9. The number of aliphatic hydroxyl groups is 1. The minimum Gasteiger partial charge on any atom is -0.462 e. The number of carbonyl (C=O) groups is 1. The van der Waals surface area contributed by atoms with E-state index in [1.54, 1.807) is 0 Å². The SMILES string of the molecule is CCOC(=O)c1cccc(N(C)S(C)(=O)=O)c1C(F)(F)F.CN(c1cccc(CO)c1C(F)(F)F)S(C)(=O)=O. The van der Waals surface area contributed by atoms with E-state index in [2.05, 4.69) is 4.74 Å². The number of nitrogens with zero attached hydrogens (tertiary/aromatic N) is 2. The maximum absolute atomic E-state index is 13.2. The van der Waals surface area contributed by atoms with Crippen LogP contribution in [0.2, 0.25) is 0 Å². The van der Waals surface area contributed by atoms with E-state index in [0.717, 1.165) is 50.9 Å². The second-order valence-electron chi connectivity index (χ2n) is 7.85. The molecule has 0 heterocycles. The number of aliphatic hydroxyl groups excluding tert-OH is 1. The predicted octanol–water partition coefficient (Wildman–Crippen LogP) is 3.87. The number of esters is 1. The van der Waals surface area contributed by atoms with Crippen molar-refractivity contribution >= 4 is 37.4 Å². The molecule has 0 unspecified atom stereocenters. The van der Waals surface area contributed by atoms with E-state index in [9.17, 15) is 48.0 Å². The molecule has 0 saturated carbocycles. The highest BCUT2D eigenvalue weighted by molar-refractivity contribution is 7.92. The highest BCUT2D eigenvalue weighted by atomic mass is 32.2. The minimum absolute atomic E-state index is 0.0950. The Labute approximate surface area is 221 Å². The molecule has 220 valence electrons. The first kappa shape index (κ1) is 34.0. The largest absolute Gasteiger partial charge is 0.462 e. The average molecular weight is 609 g/mol. The number of anilines is 2. The van der Waals surface area contributed by atoms with E-state index in [1.165, 1.54) is 19.1 Å². The lowest BCUT2D eigenvalue weighted by molar-refractivity contribution is -0.138. The molecule has 0 aromatic heterocycles. The van der Waals surface area contributed by atoms with Crippen molar-refractivity contribution < 1.29 is 57.8 Å². The van der Waals surface area contributed by atoms with Gasteiger partial charge in [0, 0.05) is 14.1 Å². The molecule has 0 spiro atoms. The first-order chi connectivity index (χ1) is 17.6. The molecule has 0 bridgehead atoms. The lowest BCUT2D eigenvalue weighted by atomic mass is 10.0. The Morgan fingerprint density at radius 3 is 1.59 bits per heavy atom. The molecular formula is C22H26F6N2O7S2. The number of benzene rings is 2. The Hall–Kier alpha value is -3.05. The summed E-state index contributed by atoms with van der Waals surface area (Å²) in [5, 5.41) is 8.92. The number of rotatable bonds is 7. The minimum atomic E-state index is -4.91. The molecule has 0 amide bonds. The van der Waals surface area contributed by atoms with Gasteiger partial charge in [0.1, 0.15) is 0 Å². The molecule has 0 aliphatic heterocycles. The normalized spacial score (nSPS) is 12.3. The van der Waals surface area contributed by atoms with Gasteiger partial charge in [0.25, 0.3) is 0 Å². The Kier molecular flexibility index (Phi) is 10.8. The molecule has 39 heavy (non-hydrogen) atoms. The van der Waals surface area contributed by atoms with E-state index in [-0.39, 0.29) is 12.2 Å². The number of hydrogen-bond donors (Lipinski definition) is 1. The van der Waals surface area contributed by atoms with Crippen molar-refractivity contribution in [2.75, 3.05) is 41.8 Å². The number of alkyl halides is 6. The zero-order valence-electron chi connectivity index (χ0n) is 21.3. The summed E-state index contributed by atoms with van der Waals surface area (Å²) in [6.45, 7) is 0.542. The van der Waals surface area contributed by atoms with Crippen LogP contribution in [0.15, 0.2) is 36.4 Å². The standard InChI is InChI=1S/C12H14F3NO4S.C10H12F3NO3S/c1-4-20-11(17)8-6-5-7-9(10(8)12(13,14)15)16(2)21(3,18)19;1-14(18(2,16)17)8-5-3-4-7(6-15)9(8)10(11,12)13/h5-7H,4H2,1-3H3;3-5,15H,6H2,1-2H3. The topological polar surface area (TPSA) is 121 Å². The van der Waals surface area contributed by atoms with Crippen LogP contribution in [-0.4, -0.2) is 61.1 Å². The van der Waals surface area contributed by atoms with Crippen molar-refractivity contribution in [1.29, 1.82) is 0 Å². The van der Waals surface area contributed by atoms with Crippen LogP contribution in [0.4, 0.5) is 37.7 Å². The lowest BCUT2D eigenvalue weighted by Gasteiger charge is -2.23. The predicted molar refractivity (Wildman–Crippen MR) is 131 cm³/mol. The third kappa shape index (κ3) is 8.72. The molecule has 2 rings (SSSR count). The molecule has 0 aliphatic carbocycles. The maximum atomic E-state index is 13.2. The van der Waals surface area contributed by atoms with Crippen LogP contribution in [0.1, 0.15) is 34.0 Å². The van der Waals surface area contributed by atoms with Crippen LogP contribution in [0.3, 0.4) is 0 Å². The second kappa shape index (κ2) is 12.4. The smallest absolute Gasteiger partial charge is 0.419 e. The molecule has 17 heteroatoms. The van der Waals surface area contributed by atoms with Gasteiger partial charge in [0.05, 0.1) is 53.8 Å². The third-order valence-corrected chi connectivity index (χ3v) is 7.46. The van der Waals surface area contributed by atoms with Crippen molar-refractivity contribution in [2.24, 2.45) is 0 Å². The van der Waals surface area contributed by atoms with Gasteiger partial charge in [-0.2, -0.15) is 26.3 Å². The fourth-order valence-corrected chi connectivity index (χ4v) is 4.16. The van der Waals surface area contributed by atoms with Crippen molar-refractivity contribution in [3.8, 4) is 0 Å². The maximum Gasteiger partial charge on any atom is 0.419 e. The van der Waals surface area contributed by atoms with E-state index in [4.69, 9.17) is 5.11 Å². The van der Waals surface area contributed by atoms with Gasteiger partial charge < -0.3 is 9.84 Å². The van der Waals surface area contributed by atoms with Gasteiger partial charge >= 0.3 is 18.3 Å². The molecule has 0 atom stereocenters. The van der Waals surface area contributed by atoms with E-state index in [0.29, 0.717) is 8.61 Å². The van der Waals surface area contributed by atoms with Crippen LogP contribution in [0.5, 0.6) is 0 Å². The fourth-order valence-electron chi connectivity index (χ4n) is 3.14. The monoisotopic (exact) mass is 608 g/mol. The molecule has 0 saturated heterocycles. The van der Waals surface area contributed by atoms with Gasteiger partial charge in [-0.1, -0.05) is 18.2 Å². The zero-order chi connectivity index (χ0) is 30.6. The number of sulfonamides is 2. The van der Waals surface area contributed by atoms with Gasteiger partial charge in [-0.25, -0.2) is 21.6 Å². The molecule has 1 N–H and O–H groups in total. The Balaban J connectivity index is 0.000000395. The van der Waals surface area contributed by atoms with Crippen LogP contribution in [0, 0.1) is 0 Å². The van der Waals surface area contributed by atoms with Gasteiger partial charge in [0.15, 0.2) is 0 Å². The fraction of sp³-hybridized carbons (Fsp3) is 0.409. The van der Waals surface area contributed by atoms with Crippen molar-refractivity contribution in [3.63, 3.8) is 0 Å². The summed E-state index contributed by atoms with van der Waals surface area (Å²) in [6, 6.07) is 6.49. The van der Waals surface area contributed by atoms with E-state index < -0.39 is 73.0 Å². The number of halogens is 6. The van der Waals surface area contributed by atoms with Crippen LogP contribution in [-0.2, 0) is 43.7 Å². The van der Waals surface area contributed by atoms with Gasteiger partial charge in [-0.3, -0.25) is 8.61 Å². The summed E-state index contributed by atoms with van der Waals surface area (Å²) in [5.74, 6) is -1.16. The van der Waals surface area contributed by atoms with Crippen LogP contribution >= 0.6 is 0 Å². The Morgan fingerprint density at radius 1 is 0.821 bits per heavy atom. The number of carbonyl (C=O) groups excluding carboxylic acids is 1. The van der Waals surface area contributed by atoms with E-state index >= 15 is 0 Å². The van der Waals surface area contributed by atoms with Gasteiger partial charge in [-0.15, -0.1) is 0 Å². The molecule has 0 fully saturated rings.